The number of aromatic nitrogens is 2. The Bertz CT molecular complexity index is 510. The first-order valence-electron chi connectivity index (χ1n) is 7.69. The van der Waals surface area contributed by atoms with E-state index in [-0.39, 0.29) is 0 Å². The van der Waals surface area contributed by atoms with Crippen molar-refractivity contribution in [2.75, 3.05) is 18.5 Å². The molecule has 1 aromatic heterocycles. The Morgan fingerprint density at radius 3 is 2.86 bits per heavy atom. The highest BCUT2D eigenvalue weighted by Gasteiger charge is 2.07. The number of nitrogens with one attached hydrogen (secondary N) is 1. The number of nitrogens with zero attached hydrogens (tertiary/aromatic N) is 2. The third-order valence-electron chi connectivity index (χ3n) is 3.37. The van der Waals surface area contributed by atoms with Crippen molar-refractivity contribution in [3.63, 3.8) is 0 Å². The zero-order valence-corrected chi connectivity index (χ0v) is 13.0. The first-order valence-corrected chi connectivity index (χ1v) is 7.69. The second-order valence-corrected chi connectivity index (χ2v) is 5.23. The van der Waals surface area contributed by atoms with Gasteiger partial charge in [0.15, 0.2) is 0 Å². The number of rotatable bonds is 9. The van der Waals surface area contributed by atoms with Gasteiger partial charge in [-0.15, -0.1) is 0 Å². The molecule has 114 valence electrons. The van der Waals surface area contributed by atoms with Gasteiger partial charge < -0.3 is 14.6 Å². The van der Waals surface area contributed by atoms with Gasteiger partial charge in [0, 0.05) is 38.2 Å². The fraction of sp³-hybridized carbons (Fsp3) is 0.471. The molecule has 0 aliphatic carbocycles. The third-order valence-corrected chi connectivity index (χ3v) is 3.37. The topological polar surface area (TPSA) is 39.1 Å². The molecule has 2 rings (SSSR count). The van der Waals surface area contributed by atoms with Crippen molar-refractivity contribution < 1.29 is 4.74 Å². The zero-order chi connectivity index (χ0) is 14.9. The van der Waals surface area contributed by atoms with Crippen LogP contribution in [-0.2, 0) is 17.7 Å². The van der Waals surface area contributed by atoms with Crippen molar-refractivity contribution >= 4 is 5.95 Å². The van der Waals surface area contributed by atoms with E-state index < -0.39 is 0 Å². The largest absolute Gasteiger partial charge is 0.382 e. The van der Waals surface area contributed by atoms with E-state index in [1.54, 1.807) is 0 Å². The quantitative estimate of drug-likeness (QED) is 0.719. The highest BCUT2D eigenvalue weighted by Crippen LogP contribution is 2.10. The second kappa shape index (κ2) is 8.47. The van der Waals surface area contributed by atoms with Crippen LogP contribution in [0.5, 0.6) is 0 Å². The number of hydrogen-bond donors (Lipinski definition) is 1. The van der Waals surface area contributed by atoms with Gasteiger partial charge in [0.2, 0.25) is 5.95 Å². The Labute approximate surface area is 127 Å². The van der Waals surface area contributed by atoms with E-state index in [1.807, 2.05) is 25.4 Å². The molecule has 0 saturated carbocycles. The van der Waals surface area contributed by atoms with Crippen LogP contribution < -0.4 is 5.32 Å². The van der Waals surface area contributed by atoms with E-state index in [2.05, 4.69) is 46.1 Å². The standard InChI is InChI=1S/C17H25N3O/c1-3-21-13-7-11-20-12-10-18-17(20)19-15(2)14-16-8-5-4-6-9-16/h4-6,8-10,12,15H,3,7,11,13-14H2,1-2H3,(H,18,19). The second-order valence-electron chi connectivity index (χ2n) is 5.23. The fourth-order valence-electron chi connectivity index (χ4n) is 2.35. The van der Waals surface area contributed by atoms with Crippen LogP contribution >= 0.6 is 0 Å². The van der Waals surface area contributed by atoms with Gasteiger partial charge >= 0.3 is 0 Å². The lowest BCUT2D eigenvalue weighted by atomic mass is 10.1. The molecule has 1 atom stereocenters. The van der Waals surface area contributed by atoms with Crippen LogP contribution in [0.25, 0.3) is 0 Å². The molecule has 1 unspecified atom stereocenters. The maximum Gasteiger partial charge on any atom is 0.202 e. The third kappa shape index (κ3) is 5.23. The lowest BCUT2D eigenvalue weighted by Crippen LogP contribution is -2.21. The summed E-state index contributed by atoms with van der Waals surface area (Å²) in [6.07, 6.45) is 5.86. The fourth-order valence-corrected chi connectivity index (χ4v) is 2.35. The average Bonchev–Trinajstić information content (AvgIpc) is 2.92. The first kappa shape index (κ1) is 15.6. The Morgan fingerprint density at radius 1 is 1.29 bits per heavy atom. The van der Waals surface area contributed by atoms with Crippen LogP contribution in [0.1, 0.15) is 25.8 Å². The van der Waals surface area contributed by atoms with E-state index in [4.69, 9.17) is 4.74 Å². The van der Waals surface area contributed by atoms with Crippen molar-refractivity contribution in [3.05, 3.63) is 48.3 Å². The minimum atomic E-state index is 0.348. The van der Waals surface area contributed by atoms with Crippen LogP contribution in [0, 0.1) is 0 Å². The molecular weight excluding hydrogens is 262 g/mol. The van der Waals surface area contributed by atoms with Crippen molar-refractivity contribution in [1.82, 2.24) is 9.55 Å². The van der Waals surface area contributed by atoms with Gasteiger partial charge in [-0.2, -0.15) is 0 Å². The normalized spacial score (nSPS) is 12.3. The molecule has 0 radical (unpaired) electrons. The Morgan fingerprint density at radius 2 is 2.10 bits per heavy atom. The molecule has 4 nitrogen and oxygen atoms in total. The monoisotopic (exact) mass is 287 g/mol. The van der Waals surface area contributed by atoms with E-state index in [0.29, 0.717) is 6.04 Å². The van der Waals surface area contributed by atoms with Crippen LogP contribution in [0.4, 0.5) is 5.95 Å². The molecule has 1 aromatic carbocycles. The van der Waals surface area contributed by atoms with Crippen LogP contribution in [0.2, 0.25) is 0 Å². The molecule has 1 heterocycles. The molecule has 0 amide bonds. The Kier molecular flexibility index (Phi) is 6.28. The van der Waals surface area contributed by atoms with Crippen molar-refractivity contribution in [2.45, 2.75) is 39.3 Å². The summed E-state index contributed by atoms with van der Waals surface area (Å²) in [4.78, 5) is 4.41. The Balaban J connectivity index is 1.83. The number of aryl methyl sites for hydroxylation is 1. The molecule has 0 aliphatic heterocycles. The minimum Gasteiger partial charge on any atom is -0.382 e. The molecule has 0 spiro atoms. The lowest BCUT2D eigenvalue weighted by molar-refractivity contribution is 0.142. The highest BCUT2D eigenvalue weighted by molar-refractivity contribution is 5.28. The van der Waals surface area contributed by atoms with E-state index >= 15 is 0 Å². The summed E-state index contributed by atoms with van der Waals surface area (Å²) >= 11 is 0. The summed E-state index contributed by atoms with van der Waals surface area (Å²) in [6, 6.07) is 10.9. The van der Waals surface area contributed by atoms with Gasteiger partial charge in [-0.3, -0.25) is 0 Å². The van der Waals surface area contributed by atoms with Gasteiger partial charge in [-0.25, -0.2) is 4.98 Å². The van der Waals surface area contributed by atoms with Gasteiger partial charge in [0.25, 0.3) is 0 Å². The Hall–Kier alpha value is -1.81. The van der Waals surface area contributed by atoms with Crippen LogP contribution in [0.15, 0.2) is 42.7 Å². The maximum atomic E-state index is 5.38. The first-order chi connectivity index (χ1) is 10.3. The summed E-state index contributed by atoms with van der Waals surface area (Å²) < 4.78 is 7.53. The SMILES string of the molecule is CCOCCCn1ccnc1NC(C)Cc1ccccc1. The molecule has 0 saturated heterocycles. The minimum absolute atomic E-state index is 0.348. The molecule has 4 heteroatoms. The van der Waals surface area contributed by atoms with Gasteiger partial charge in [0.1, 0.15) is 0 Å². The number of ether oxygens (including phenoxy) is 1. The van der Waals surface area contributed by atoms with Crippen molar-refractivity contribution in [2.24, 2.45) is 0 Å². The molecule has 21 heavy (non-hydrogen) atoms. The van der Waals surface area contributed by atoms with Gasteiger partial charge in [-0.05, 0) is 32.3 Å². The molecule has 1 N–H and O–H groups in total. The van der Waals surface area contributed by atoms with E-state index in [0.717, 1.165) is 38.5 Å². The molecular formula is C17H25N3O. The average molecular weight is 287 g/mol. The number of hydrogen-bond acceptors (Lipinski definition) is 3. The number of imidazole rings is 1. The van der Waals surface area contributed by atoms with Gasteiger partial charge in [-0.1, -0.05) is 30.3 Å². The number of benzene rings is 1. The summed E-state index contributed by atoms with van der Waals surface area (Å²) in [5.74, 6) is 0.940. The predicted octanol–water partition coefficient (Wildman–Crippen LogP) is 3.35. The molecule has 0 bridgehead atoms. The highest BCUT2D eigenvalue weighted by atomic mass is 16.5. The van der Waals surface area contributed by atoms with Crippen molar-refractivity contribution in [1.29, 1.82) is 0 Å². The van der Waals surface area contributed by atoms with E-state index in [1.165, 1.54) is 5.56 Å². The lowest BCUT2D eigenvalue weighted by Gasteiger charge is -2.16. The summed E-state index contributed by atoms with van der Waals surface area (Å²) in [6.45, 7) is 6.72. The zero-order valence-electron chi connectivity index (χ0n) is 13.0. The van der Waals surface area contributed by atoms with Crippen LogP contribution in [0.3, 0.4) is 0 Å². The number of anilines is 1. The predicted molar refractivity (Wildman–Crippen MR) is 86.6 cm³/mol. The van der Waals surface area contributed by atoms with Gasteiger partial charge in [0.05, 0.1) is 0 Å². The smallest absolute Gasteiger partial charge is 0.202 e. The summed E-state index contributed by atoms with van der Waals surface area (Å²) in [7, 11) is 0. The molecule has 0 fully saturated rings. The summed E-state index contributed by atoms with van der Waals surface area (Å²) in [5.41, 5.74) is 1.34. The molecule has 2 aromatic rings. The molecule has 0 aliphatic rings. The summed E-state index contributed by atoms with van der Waals surface area (Å²) in [5, 5.41) is 3.49. The van der Waals surface area contributed by atoms with Crippen LogP contribution in [-0.4, -0.2) is 28.8 Å². The van der Waals surface area contributed by atoms with Crippen molar-refractivity contribution in [3.8, 4) is 0 Å². The maximum absolute atomic E-state index is 5.38. The van der Waals surface area contributed by atoms with E-state index in [9.17, 15) is 0 Å².